The smallest absolute Gasteiger partial charge is 0.338 e. The molecular formula is C10H13NO3S. The molecule has 0 aromatic carbocycles. The van der Waals surface area contributed by atoms with Crippen LogP contribution in [-0.4, -0.2) is 17.0 Å². The summed E-state index contributed by atoms with van der Waals surface area (Å²) in [4.78, 5) is 22.1. The van der Waals surface area contributed by atoms with Gasteiger partial charge in [0, 0.05) is 17.2 Å². The van der Waals surface area contributed by atoms with E-state index in [-0.39, 0.29) is 17.4 Å². The summed E-state index contributed by atoms with van der Waals surface area (Å²) >= 11 is 1.26. The Hall–Kier alpha value is -1.36. The summed E-state index contributed by atoms with van der Waals surface area (Å²) in [6.07, 6.45) is 0.398. The lowest BCUT2D eigenvalue weighted by molar-refractivity contribution is -0.116. The summed E-state index contributed by atoms with van der Waals surface area (Å²) in [6.45, 7) is 3.87. The number of hydrogen-bond acceptors (Lipinski definition) is 3. The Balaban J connectivity index is 2.68. The standard InChI is InChI=1S/C10H13NO3S/c1-6(2)3-9(12)11-8-5-15-4-7(8)10(13)14/h4-6H,3H2,1-2H3,(H,11,12)(H,13,14). The molecule has 0 bridgehead atoms. The fourth-order valence-electron chi connectivity index (χ4n) is 1.13. The Morgan fingerprint density at radius 1 is 1.47 bits per heavy atom. The van der Waals surface area contributed by atoms with E-state index in [1.807, 2.05) is 13.8 Å². The molecule has 0 saturated heterocycles. The third kappa shape index (κ3) is 3.36. The van der Waals surface area contributed by atoms with E-state index in [9.17, 15) is 9.59 Å². The fraction of sp³-hybridized carbons (Fsp3) is 0.400. The van der Waals surface area contributed by atoms with Crippen molar-refractivity contribution in [2.75, 3.05) is 5.32 Å². The highest BCUT2D eigenvalue weighted by atomic mass is 32.1. The van der Waals surface area contributed by atoms with Crippen LogP contribution in [-0.2, 0) is 4.79 Å². The van der Waals surface area contributed by atoms with E-state index >= 15 is 0 Å². The van der Waals surface area contributed by atoms with E-state index in [4.69, 9.17) is 5.11 Å². The molecule has 4 nitrogen and oxygen atoms in total. The van der Waals surface area contributed by atoms with Crippen molar-refractivity contribution in [3.8, 4) is 0 Å². The Bertz CT molecular complexity index is 370. The lowest BCUT2D eigenvalue weighted by atomic mass is 10.1. The van der Waals surface area contributed by atoms with Crippen molar-refractivity contribution in [1.82, 2.24) is 0 Å². The second-order valence-corrected chi connectivity index (χ2v) is 4.39. The number of carboxylic acid groups (broad SMARTS) is 1. The maximum absolute atomic E-state index is 11.4. The number of amides is 1. The zero-order chi connectivity index (χ0) is 11.4. The zero-order valence-corrected chi connectivity index (χ0v) is 9.43. The van der Waals surface area contributed by atoms with Crippen LogP contribution in [0.25, 0.3) is 0 Å². The molecule has 0 unspecified atom stereocenters. The van der Waals surface area contributed by atoms with Crippen molar-refractivity contribution in [3.63, 3.8) is 0 Å². The summed E-state index contributed by atoms with van der Waals surface area (Å²) in [5.74, 6) is -0.904. The van der Waals surface area contributed by atoms with Crippen LogP contribution in [0.1, 0.15) is 30.6 Å². The van der Waals surface area contributed by atoms with Crippen LogP contribution >= 0.6 is 11.3 Å². The first-order chi connectivity index (χ1) is 7.00. The number of rotatable bonds is 4. The highest BCUT2D eigenvalue weighted by Crippen LogP contribution is 2.21. The van der Waals surface area contributed by atoms with Gasteiger partial charge >= 0.3 is 5.97 Å². The molecular weight excluding hydrogens is 214 g/mol. The number of carbonyl (C=O) groups excluding carboxylic acids is 1. The molecule has 0 radical (unpaired) electrons. The van der Waals surface area contributed by atoms with Gasteiger partial charge in [0.1, 0.15) is 0 Å². The first-order valence-electron chi connectivity index (χ1n) is 4.60. The van der Waals surface area contributed by atoms with Crippen LogP contribution in [0.5, 0.6) is 0 Å². The number of thiophene rings is 1. The summed E-state index contributed by atoms with van der Waals surface area (Å²) in [5.41, 5.74) is 0.537. The number of aromatic carboxylic acids is 1. The van der Waals surface area contributed by atoms with Gasteiger partial charge in [-0.25, -0.2) is 4.79 Å². The lowest BCUT2D eigenvalue weighted by Gasteiger charge is -2.06. The molecule has 0 aliphatic heterocycles. The predicted molar refractivity (Wildman–Crippen MR) is 59.4 cm³/mol. The topological polar surface area (TPSA) is 66.4 Å². The fourth-order valence-corrected chi connectivity index (χ4v) is 1.89. The largest absolute Gasteiger partial charge is 0.478 e. The molecule has 1 amide bonds. The van der Waals surface area contributed by atoms with Crippen molar-refractivity contribution in [2.45, 2.75) is 20.3 Å². The van der Waals surface area contributed by atoms with Crippen molar-refractivity contribution in [1.29, 1.82) is 0 Å². The number of anilines is 1. The lowest BCUT2D eigenvalue weighted by Crippen LogP contribution is -2.15. The Morgan fingerprint density at radius 3 is 2.67 bits per heavy atom. The highest BCUT2D eigenvalue weighted by molar-refractivity contribution is 7.08. The first-order valence-corrected chi connectivity index (χ1v) is 5.54. The van der Waals surface area contributed by atoms with Gasteiger partial charge in [-0.05, 0) is 5.92 Å². The van der Waals surface area contributed by atoms with Gasteiger partial charge in [-0.3, -0.25) is 4.79 Å². The van der Waals surface area contributed by atoms with E-state index in [1.54, 1.807) is 5.38 Å². The average molecular weight is 227 g/mol. The minimum Gasteiger partial charge on any atom is -0.478 e. The molecule has 0 fully saturated rings. The molecule has 5 heteroatoms. The molecule has 0 spiro atoms. The van der Waals surface area contributed by atoms with Gasteiger partial charge in [0.15, 0.2) is 0 Å². The minimum atomic E-state index is -1.02. The van der Waals surface area contributed by atoms with Crippen molar-refractivity contribution < 1.29 is 14.7 Å². The molecule has 1 aromatic heterocycles. The molecule has 2 N–H and O–H groups in total. The Labute approximate surface area is 91.9 Å². The molecule has 1 heterocycles. The van der Waals surface area contributed by atoms with Crippen molar-refractivity contribution in [3.05, 3.63) is 16.3 Å². The summed E-state index contributed by atoms with van der Waals surface area (Å²) in [6, 6.07) is 0. The molecule has 0 saturated carbocycles. The van der Waals surface area contributed by atoms with Gasteiger partial charge in [-0.15, -0.1) is 11.3 Å². The van der Waals surface area contributed by atoms with E-state index in [2.05, 4.69) is 5.32 Å². The maximum atomic E-state index is 11.4. The number of nitrogens with one attached hydrogen (secondary N) is 1. The summed E-state index contributed by atoms with van der Waals surface area (Å²) in [5, 5.41) is 14.5. The monoisotopic (exact) mass is 227 g/mol. The van der Waals surface area contributed by atoms with Gasteiger partial charge in [0.25, 0.3) is 0 Å². The normalized spacial score (nSPS) is 10.3. The summed E-state index contributed by atoms with van der Waals surface area (Å²) < 4.78 is 0. The summed E-state index contributed by atoms with van der Waals surface area (Å²) in [7, 11) is 0. The maximum Gasteiger partial charge on any atom is 0.338 e. The third-order valence-electron chi connectivity index (χ3n) is 1.76. The first kappa shape index (κ1) is 11.7. The second-order valence-electron chi connectivity index (χ2n) is 3.65. The molecule has 15 heavy (non-hydrogen) atoms. The number of carboxylic acids is 1. The van der Waals surface area contributed by atoms with Gasteiger partial charge in [-0.2, -0.15) is 0 Å². The van der Waals surface area contributed by atoms with Crippen molar-refractivity contribution >= 4 is 28.9 Å². The molecule has 0 aliphatic rings. The Kier molecular flexibility index (Phi) is 3.85. The van der Waals surface area contributed by atoms with Gasteiger partial charge in [0.2, 0.25) is 5.91 Å². The molecule has 1 aromatic rings. The van der Waals surface area contributed by atoms with E-state index in [0.29, 0.717) is 12.1 Å². The van der Waals surface area contributed by atoms with Crippen LogP contribution in [0.15, 0.2) is 10.8 Å². The SMILES string of the molecule is CC(C)CC(=O)Nc1cscc1C(=O)O. The van der Waals surface area contributed by atoms with Crippen LogP contribution in [0.3, 0.4) is 0 Å². The van der Waals surface area contributed by atoms with Gasteiger partial charge < -0.3 is 10.4 Å². The second kappa shape index (κ2) is 4.93. The quantitative estimate of drug-likeness (QED) is 0.830. The van der Waals surface area contributed by atoms with E-state index in [1.165, 1.54) is 16.7 Å². The zero-order valence-electron chi connectivity index (χ0n) is 8.61. The number of hydrogen-bond donors (Lipinski definition) is 2. The van der Waals surface area contributed by atoms with Gasteiger partial charge in [-0.1, -0.05) is 13.8 Å². The van der Waals surface area contributed by atoms with E-state index < -0.39 is 5.97 Å². The average Bonchev–Trinajstić information content (AvgIpc) is 2.50. The third-order valence-corrected chi connectivity index (χ3v) is 2.50. The highest BCUT2D eigenvalue weighted by Gasteiger charge is 2.13. The number of carbonyl (C=O) groups is 2. The van der Waals surface area contributed by atoms with Crippen molar-refractivity contribution in [2.24, 2.45) is 5.92 Å². The van der Waals surface area contributed by atoms with Crippen LogP contribution < -0.4 is 5.32 Å². The molecule has 0 atom stereocenters. The molecule has 0 aliphatic carbocycles. The molecule has 1 rings (SSSR count). The minimum absolute atomic E-state index is 0.147. The van der Waals surface area contributed by atoms with Crippen LogP contribution in [0, 0.1) is 5.92 Å². The van der Waals surface area contributed by atoms with Crippen LogP contribution in [0.4, 0.5) is 5.69 Å². The Morgan fingerprint density at radius 2 is 2.13 bits per heavy atom. The predicted octanol–water partition coefficient (Wildman–Crippen LogP) is 2.43. The van der Waals surface area contributed by atoms with Crippen LogP contribution in [0.2, 0.25) is 0 Å². The van der Waals surface area contributed by atoms with Gasteiger partial charge in [0.05, 0.1) is 11.3 Å². The molecule has 82 valence electrons. The van der Waals surface area contributed by atoms with E-state index in [0.717, 1.165) is 0 Å².